The quantitative estimate of drug-likeness (QED) is 0.457. The molecule has 0 aliphatic carbocycles. The molecule has 2 rings (SSSR count). The van der Waals surface area contributed by atoms with E-state index in [4.69, 9.17) is 4.74 Å². The molecule has 0 atom stereocenters. The predicted octanol–water partition coefficient (Wildman–Crippen LogP) is 3.77. The van der Waals surface area contributed by atoms with Crippen molar-refractivity contribution in [3.8, 4) is 17.2 Å². The van der Waals surface area contributed by atoms with E-state index in [0.29, 0.717) is 15.8 Å². The number of benzene rings is 2. The van der Waals surface area contributed by atoms with Crippen LogP contribution >= 0.6 is 31.9 Å². The summed E-state index contributed by atoms with van der Waals surface area (Å²) in [5, 5.41) is 23.3. The summed E-state index contributed by atoms with van der Waals surface area (Å²) in [7, 11) is 0. The number of hydrogen-bond donors (Lipinski definition) is 3. The Morgan fingerprint density at radius 1 is 1.20 bits per heavy atom. The molecule has 0 aliphatic rings. The summed E-state index contributed by atoms with van der Waals surface area (Å²) in [6, 6.07) is 7.04. The van der Waals surface area contributed by atoms with Gasteiger partial charge in [0.2, 0.25) is 0 Å². The van der Waals surface area contributed by atoms with Crippen molar-refractivity contribution in [2.45, 2.75) is 13.8 Å². The van der Waals surface area contributed by atoms with Gasteiger partial charge in [-0.1, -0.05) is 6.07 Å². The molecule has 0 spiro atoms. The Bertz CT molecular complexity index is 838. The number of hydrazone groups is 1. The molecule has 0 saturated carbocycles. The Morgan fingerprint density at radius 3 is 2.60 bits per heavy atom. The zero-order chi connectivity index (χ0) is 18.6. The number of phenolic OH excluding ortho intramolecular Hbond substituents is 2. The maximum Gasteiger partial charge on any atom is 0.277 e. The number of halogens is 2. The standard InChI is InChI=1S/C17H16Br2N2O4/c1-9-3-4-12(5-10(9)2)25-8-14(22)21-20-7-11-6-13(18)17(24)15(19)16(11)23/h3-7,23-24H,8H2,1-2H3,(H,21,22). The van der Waals surface area contributed by atoms with E-state index < -0.39 is 5.91 Å². The van der Waals surface area contributed by atoms with Gasteiger partial charge in [0.05, 0.1) is 10.7 Å². The number of carbonyl (C=O) groups excluding carboxylic acids is 1. The molecule has 0 aromatic heterocycles. The highest BCUT2D eigenvalue weighted by Gasteiger charge is 2.12. The van der Waals surface area contributed by atoms with Crippen molar-refractivity contribution < 1.29 is 19.7 Å². The van der Waals surface area contributed by atoms with Gasteiger partial charge < -0.3 is 14.9 Å². The first-order valence-corrected chi connectivity index (χ1v) is 8.80. The summed E-state index contributed by atoms with van der Waals surface area (Å²) >= 11 is 6.22. The summed E-state index contributed by atoms with van der Waals surface area (Å²) in [6.45, 7) is 3.78. The van der Waals surface area contributed by atoms with E-state index in [1.54, 1.807) is 6.07 Å². The monoisotopic (exact) mass is 470 g/mol. The lowest BCUT2D eigenvalue weighted by atomic mass is 10.1. The summed E-state index contributed by atoms with van der Waals surface area (Å²) in [5.41, 5.74) is 4.85. The SMILES string of the molecule is Cc1ccc(OCC(=O)NN=Cc2cc(Br)c(O)c(Br)c2O)cc1C. The minimum atomic E-state index is -0.439. The van der Waals surface area contributed by atoms with E-state index >= 15 is 0 Å². The lowest BCUT2D eigenvalue weighted by Gasteiger charge is -2.08. The van der Waals surface area contributed by atoms with Gasteiger partial charge in [-0.15, -0.1) is 0 Å². The molecule has 2 aromatic rings. The van der Waals surface area contributed by atoms with Crippen LogP contribution in [0.3, 0.4) is 0 Å². The molecule has 0 radical (unpaired) electrons. The number of ether oxygens (including phenoxy) is 1. The smallest absolute Gasteiger partial charge is 0.277 e. The van der Waals surface area contributed by atoms with Crippen LogP contribution in [0, 0.1) is 13.8 Å². The van der Waals surface area contributed by atoms with Gasteiger partial charge in [-0.3, -0.25) is 4.79 Å². The number of rotatable bonds is 5. The second kappa shape index (κ2) is 8.35. The molecule has 6 nitrogen and oxygen atoms in total. The van der Waals surface area contributed by atoms with Crippen LogP contribution in [0.4, 0.5) is 0 Å². The van der Waals surface area contributed by atoms with Gasteiger partial charge in [-0.05, 0) is 75.0 Å². The van der Waals surface area contributed by atoms with Crippen LogP contribution in [-0.4, -0.2) is 28.9 Å². The van der Waals surface area contributed by atoms with Gasteiger partial charge in [-0.2, -0.15) is 5.10 Å². The Hall–Kier alpha value is -2.06. The third-order valence-corrected chi connectivity index (χ3v) is 4.79. The third-order valence-electron chi connectivity index (χ3n) is 3.44. The number of nitrogens with one attached hydrogen (secondary N) is 1. The summed E-state index contributed by atoms with van der Waals surface area (Å²) in [6.07, 6.45) is 1.26. The fraction of sp³-hybridized carbons (Fsp3) is 0.176. The number of aryl methyl sites for hydroxylation is 2. The molecule has 8 heteroatoms. The zero-order valence-electron chi connectivity index (χ0n) is 13.5. The molecule has 0 aliphatic heterocycles. The maximum absolute atomic E-state index is 11.8. The number of carbonyl (C=O) groups is 1. The zero-order valence-corrected chi connectivity index (χ0v) is 16.7. The lowest BCUT2D eigenvalue weighted by molar-refractivity contribution is -0.123. The van der Waals surface area contributed by atoms with Crippen LogP contribution in [0.1, 0.15) is 16.7 Å². The summed E-state index contributed by atoms with van der Waals surface area (Å²) in [4.78, 5) is 11.8. The Kier molecular flexibility index (Phi) is 6.44. The number of aromatic hydroxyl groups is 2. The topological polar surface area (TPSA) is 91.2 Å². The van der Waals surface area contributed by atoms with Gasteiger partial charge >= 0.3 is 0 Å². The van der Waals surface area contributed by atoms with Crippen LogP contribution in [0.15, 0.2) is 38.3 Å². The van der Waals surface area contributed by atoms with Crippen molar-refractivity contribution >= 4 is 44.0 Å². The number of phenols is 2. The van der Waals surface area contributed by atoms with E-state index in [1.165, 1.54) is 12.3 Å². The van der Waals surface area contributed by atoms with Crippen LogP contribution in [0.25, 0.3) is 0 Å². The van der Waals surface area contributed by atoms with Crippen molar-refractivity contribution in [1.82, 2.24) is 5.43 Å². The predicted molar refractivity (Wildman–Crippen MR) is 102 cm³/mol. The lowest BCUT2D eigenvalue weighted by Crippen LogP contribution is -2.24. The van der Waals surface area contributed by atoms with Crippen molar-refractivity contribution in [2.75, 3.05) is 6.61 Å². The summed E-state index contributed by atoms with van der Waals surface area (Å²) < 4.78 is 5.91. The van der Waals surface area contributed by atoms with Crippen molar-refractivity contribution in [3.05, 3.63) is 49.9 Å². The van der Waals surface area contributed by atoms with Crippen molar-refractivity contribution in [3.63, 3.8) is 0 Å². The minimum absolute atomic E-state index is 0.125. The fourth-order valence-electron chi connectivity index (χ4n) is 1.87. The number of nitrogens with zero attached hydrogens (tertiary/aromatic N) is 1. The Balaban J connectivity index is 1.93. The minimum Gasteiger partial charge on any atom is -0.506 e. The van der Waals surface area contributed by atoms with Gasteiger partial charge in [-0.25, -0.2) is 5.43 Å². The second-order valence-corrected chi connectivity index (χ2v) is 6.93. The van der Waals surface area contributed by atoms with E-state index in [9.17, 15) is 15.0 Å². The molecular formula is C17H16Br2N2O4. The van der Waals surface area contributed by atoms with E-state index in [2.05, 4.69) is 42.4 Å². The molecule has 0 heterocycles. The first kappa shape index (κ1) is 19.3. The molecule has 0 unspecified atom stereocenters. The van der Waals surface area contributed by atoms with E-state index in [1.807, 2.05) is 26.0 Å². The molecular weight excluding hydrogens is 456 g/mol. The average molecular weight is 472 g/mol. The van der Waals surface area contributed by atoms with Crippen LogP contribution < -0.4 is 10.2 Å². The fourth-order valence-corrected chi connectivity index (χ4v) is 3.03. The highest BCUT2D eigenvalue weighted by molar-refractivity contribution is 9.11. The van der Waals surface area contributed by atoms with Gasteiger partial charge in [0, 0.05) is 5.56 Å². The molecule has 0 bridgehead atoms. The van der Waals surface area contributed by atoms with Gasteiger partial charge in [0.25, 0.3) is 5.91 Å². The number of amides is 1. The van der Waals surface area contributed by atoms with Crippen LogP contribution in [-0.2, 0) is 4.79 Å². The Morgan fingerprint density at radius 2 is 1.92 bits per heavy atom. The van der Waals surface area contributed by atoms with E-state index in [-0.39, 0.29) is 22.6 Å². The second-order valence-electron chi connectivity index (χ2n) is 5.29. The average Bonchev–Trinajstić information content (AvgIpc) is 2.58. The first-order chi connectivity index (χ1) is 11.8. The highest BCUT2D eigenvalue weighted by atomic mass is 79.9. The van der Waals surface area contributed by atoms with E-state index in [0.717, 1.165) is 11.1 Å². The largest absolute Gasteiger partial charge is 0.506 e. The molecule has 25 heavy (non-hydrogen) atoms. The molecule has 1 amide bonds. The van der Waals surface area contributed by atoms with Crippen LogP contribution in [0.5, 0.6) is 17.2 Å². The van der Waals surface area contributed by atoms with Gasteiger partial charge in [0.1, 0.15) is 21.7 Å². The third kappa shape index (κ3) is 4.96. The first-order valence-electron chi connectivity index (χ1n) is 7.21. The van der Waals surface area contributed by atoms with Gasteiger partial charge in [0.15, 0.2) is 6.61 Å². The summed E-state index contributed by atoms with van der Waals surface area (Å²) in [5.74, 6) is -0.150. The molecule has 0 fully saturated rings. The molecule has 3 N–H and O–H groups in total. The normalized spacial score (nSPS) is 10.9. The maximum atomic E-state index is 11.8. The van der Waals surface area contributed by atoms with Crippen LogP contribution in [0.2, 0.25) is 0 Å². The highest BCUT2D eigenvalue weighted by Crippen LogP contribution is 2.40. The molecule has 132 valence electrons. The molecule has 2 aromatic carbocycles. The van der Waals surface area contributed by atoms with Crippen molar-refractivity contribution in [1.29, 1.82) is 0 Å². The number of hydrogen-bond acceptors (Lipinski definition) is 5. The van der Waals surface area contributed by atoms with Crippen molar-refractivity contribution in [2.24, 2.45) is 5.10 Å². The molecule has 0 saturated heterocycles. The Labute approximate surface area is 161 Å².